The summed E-state index contributed by atoms with van der Waals surface area (Å²) in [6.45, 7) is 7.59. The predicted molar refractivity (Wildman–Crippen MR) is 88.1 cm³/mol. The van der Waals surface area contributed by atoms with E-state index in [2.05, 4.69) is 72.3 Å². The van der Waals surface area contributed by atoms with E-state index in [0.717, 1.165) is 17.4 Å². The maximum atomic E-state index is 3.67. The van der Waals surface area contributed by atoms with Gasteiger partial charge in [0, 0.05) is 14.2 Å². The van der Waals surface area contributed by atoms with Gasteiger partial charge in [-0.05, 0) is 62.2 Å². The van der Waals surface area contributed by atoms with E-state index in [0.29, 0.717) is 6.04 Å². The van der Waals surface area contributed by atoms with Crippen LogP contribution in [-0.4, -0.2) is 6.54 Å². The highest BCUT2D eigenvalue weighted by atomic mass is 79.9. The van der Waals surface area contributed by atoms with Crippen molar-refractivity contribution in [2.75, 3.05) is 6.54 Å². The summed E-state index contributed by atoms with van der Waals surface area (Å²) >= 11 is 5.42. The molecule has 0 saturated heterocycles. The molecule has 1 aromatic heterocycles. The zero-order valence-electron chi connectivity index (χ0n) is 11.7. The summed E-state index contributed by atoms with van der Waals surface area (Å²) in [6.07, 6.45) is 1.15. The number of hydrogen-bond acceptors (Lipinski definition) is 2. The molecule has 1 atom stereocenters. The number of aryl methyl sites for hydroxylation is 2. The Morgan fingerprint density at radius 1 is 1.21 bits per heavy atom. The summed E-state index contributed by atoms with van der Waals surface area (Å²) in [5, 5.41) is 3.67. The number of rotatable bonds is 5. The van der Waals surface area contributed by atoms with Crippen molar-refractivity contribution in [2.45, 2.75) is 33.2 Å². The molecule has 0 aliphatic heterocycles. The van der Waals surface area contributed by atoms with Gasteiger partial charge < -0.3 is 5.32 Å². The van der Waals surface area contributed by atoms with Crippen LogP contribution in [0.25, 0.3) is 0 Å². The normalized spacial score (nSPS) is 12.6. The smallest absolute Gasteiger partial charge is 0.0673 e. The lowest BCUT2D eigenvalue weighted by Crippen LogP contribution is -2.23. The van der Waals surface area contributed by atoms with E-state index >= 15 is 0 Å². The van der Waals surface area contributed by atoms with E-state index in [1.54, 1.807) is 0 Å². The molecule has 0 saturated carbocycles. The van der Waals surface area contributed by atoms with E-state index in [1.165, 1.54) is 20.9 Å². The van der Waals surface area contributed by atoms with E-state index in [1.807, 2.05) is 11.3 Å². The molecule has 1 nitrogen and oxygen atoms in total. The Balaban J connectivity index is 2.36. The molecule has 0 bridgehead atoms. The minimum atomic E-state index is 0.312. The molecule has 0 aliphatic rings. The molecule has 19 heavy (non-hydrogen) atoms. The van der Waals surface area contributed by atoms with Crippen LogP contribution in [0.2, 0.25) is 0 Å². The van der Waals surface area contributed by atoms with Crippen LogP contribution in [0.5, 0.6) is 0 Å². The molecular weight excluding hydrogens is 318 g/mol. The van der Waals surface area contributed by atoms with Crippen LogP contribution in [0.1, 0.15) is 40.3 Å². The third kappa shape index (κ3) is 3.68. The van der Waals surface area contributed by atoms with Crippen LogP contribution < -0.4 is 5.32 Å². The van der Waals surface area contributed by atoms with Gasteiger partial charge in [-0.15, -0.1) is 11.3 Å². The van der Waals surface area contributed by atoms with Crippen LogP contribution in [0.3, 0.4) is 0 Å². The Kier molecular flexibility index (Phi) is 5.20. The van der Waals surface area contributed by atoms with E-state index in [-0.39, 0.29) is 0 Å². The van der Waals surface area contributed by atoms with Crippen molar-refractivity contribution in [1.82, 2.24) is 5.32 Å². The fourth-order valence-corrected chi connectivity index (χ4v) is 3.67. The first-order chi connectivity index (χ1) is 9.11. The zero-order chi connectivity index (χ0) is 13.8. The third-order valence-corrected chi connectivity index (χ3v) is 4.75. The number of benzene rings is 1. The van der Waals surface area contributed by atoms with E-state index in [4.69, 9.17) is 0 Å². The summed E-state index contributed by atoms with van der Waals surface area (Å²) in [5.41, 5.74) is 2.70. The molecule has 1 unspecified atom stereocenters. The van der Waals surface area contributed by atoms with Gasteiger partial charge in [0.25, 0.3) is 0 Å². The van der Waals surface area contributed by atoms with E-state index in [9.17, 15) is 0 Å². The maximum absolute atomic E-state index is 3.67. The van der Waals surface area contributed by atoms with Crippen LogP contribution in [0.15, 0.2) is 34.8 Å². The molecule has 2 rings (SSSR count). The lowest BCUT2D eigenvalue weighted by Gasteiger charge is -2.20. The van der Waals surface area contributed by atoms with Crippen molar-refractivity contribution >= 4 is 27.3 Å². The van der Waals surface area contributed by atoms with Crippen molar-refractivity contribution in [1.29, 1.82) is 0 Å². The van der Waals surface area contributed by atoms with Crippen LogP contribution >= 0.6 is 27.3 Å². The van der Waals surface area contributed by atoms with Crippen molar-refractivity contribution < 1.29 is 0 Å². The number of hydrogen-bond donors (Lipinski definition) is 1. The Bertz CT molecular complexity index is 547. The third-order valence-electron chi connectivity index (χ3n) is 3.19. The highest BCUT2D eigenvalue weighted by molar-refractivity contribution is 9.10. The molecule has 0 aliphatic carbocycles. The molecule has 1 heterocycles. The molecular formula is C16H20BrNS. The molecule has 102 valence electrons. The second kappa shape index (κ2) is 6.69. The molecule has 1 aromatic carbocycles. The van der Waals surface area contributed by atoms with Crippen LogP contribution in [-0.2, 0) is 0 Å². The monoisotopic (exact) mass is 337 g/mol. The van der Waals surface area contributed by atoms with Gasteiger partial charge >= 0.3 is 0 Å². The van der Waals surface area contributed by atoms with Gasteiger partial charge in [0.1, 0.15) is 0 Å². The minimum absolute atomic E-state index is 0.312. The SMILES string of the molecule is CCCNC(c1ccc(C)s1)c1ccc(Br)cc1C. The summed E-state index contributed by atoms with van der Waals surface area (Å²) in [6, 6.07) is 11.3. The van der Waals surface area contributed by atoms with Crippen LogP contribution in [0, 0.1) is 13.8 Å². The molecule has 0 radical (unpaired) electrons. The Labute approximate surface area is 128 Å². The van der Waals surface area contributed by atoms with Gasteiger partial charge in [-0.25, -0.2) is 0 Å². The standard InChI is InChI=1S/C16H20BrNS/c1-4-9-18-16(15-8-5-12(3)19-15)14-7-6-13(17)10-11(14)2/h5-8,10,16,18H,4,9H2,1-3H3. The van der Waals surface area contributed by atoms with Crippen molar-refractivity contribution in [3.05, 3.63) is 55.7 Å². The number of nitrogens with one attached hydrogen (secondary N) is 1. The summed E-state index contributed by atoms with van der Waals surface area (Å²) in [5.74, 6) is 0. The first kappa shape index (κ1) is 14.8. The molecule has 3 heteroatoms. The Morgan fingerprint density at radius 3 is 2.58 bits per heavy atom. The van der Waals surface area contributed by atoms with Gasteiger partial charge in [-0.2, -0.15) is 0 Å². The fourth-order valence-electron chi connectivity index (χ4n) is 2.22. The quantitative estimate of drug-likeness (QED) is 0.788. The van der Waals surface area contributed by atoms with Gasteiger partial charge in [0.15, 0.2) is 0 Å². The Morgan fingerprint density at radius 2 is 2.00 bits per heavy atom. The van der Waals surface area contributed by atoms with Crippen LogP contribution in [0.4, 0.5) is 0 Å². The molecule has 0 amide bonds. The second-order valence-corrected chi connectivity index (χ2v) is 7.07. The average Bonchev–Trinajstić information content (AvgIpc) is 2.78. The average molecular weight is 338 g/mol. The lowest BCUT2D eigenvalue weighted by molar-refractivity contribution is 0.603. The summed E-state index contributed by atoms with van der Waals surface area (Å²) < 4.78 is 1.14. The first-order valence-electron chi connectivity index (χ1n) is 6.67. The van der Waals surface area contributed by atoms with Crippen molar-refractivity contribution in [3.63, 3.8) is 0 Å². The van der Waals surface area contributed by atoms with Gasteiger partial charge in [0.2, 0.25) is 0 Å². The largest absolute Gasteiger partial charge is 0.306 e. The van der Waals surface area contributed by atoms with Gasteiger partial charge in [-0.3, -0.25) is 0 Å². The molecule has 2 aromatic rings. The molecule has 0 fully saturated rings. The molecule has 0 spiro atoms. The first-order valence-corrected chi connectivity index (χ1v) is 8.28. The van der Waals surface area contributed by atoms with Gasteiger partial charge in [0.05, 0.1) is 6.04 Å². The van der Waals surface area contributed by atoms with Crippen molar-refractivity contribution in [2.24, 2.45) is 0 Å². The maximum Gasteiger partial charge on any atom is 0.0673 e. The Hall–Kier alpha value is -0.640. The highest BCUT2D eigenvalue weighted by Gasteiger charge is 2.17. The van der Waals surface area contributed by atoms with E-state index < -0.39 is 0 Å². The fraction of sp³-hybridized carbons (Fsp3) is 0.375. The number of halogens is 1. The zero-order valence-corrected chi connectivity index (χ0v) is 14.1. The summed E-state index contributed by atoms with van der Waals surface area (Å²) in [4.78, 5) is 2.77. The minimum Gasteiger partial charge on any atom is -0.306 e. The molecule has 1 N–H and O–H groups in total. The summed E-state index contributed by atoms with van der Waals surface area (Å²) in [7, 11) is 0. The van der Waals surface area contributed by atoms with Gasteiger partial charge in [-0.1, -0.05) is 28.9 Å². The van der Waals surface area contributed by atoms with Crippen molar-refractivity contribution in [3.8, 4) is 0 Å². The lowest BCUT2D eigenvalue weighted by atomic mass is 10.00. The topological polar surface area (TPSA) is 12.0 Å². The number of thiophene rings is 1. The predicted octanol–water partition coefficient (Wildman–Crippen LogP) is 5.22. The second-order valence-electron chi connectivity index (χ2n) is 4.84. The highest BCUT2D eigenvalue weighted by Crippen LogP contribution is 2.31.